The average Bonchev–Trinajstić information content (AvgIpc) is 2.73. The van der Waals surface area contributed by atoms with Gasteiger partial charge in [-0.05, 0) is 70.3 Å². The molecule has 1 fully saturated rings. The van der Waals surface area contributed by atoms with Crippen molar-refractivity contribution in [1.29, 1.82) is 0 Å². The Labute approximate surface area is 180 Å². The molecular formula is C24H32ClN3O. The van der Waals surface area contributed by atoms with Gasteiger partial charge in [0, 0.05) is 18.8 Å². The minimum Gasteiger partial charge on any atom is -0.353 e. The molecule has 1 N–H and O–H groups in total. The lowest BCUT2D eigenvalue weighted by molar-refractivity contribution is -0.116. The molecule has 4 nitrogen and oxygen atoms in total. The fourth-order valence-electron chi connectivity index (χ4n) is 4.08. The highest BCUT2D eigenvalue weighted by Crippen LogP contribution is 2.41. The van der Waals surface area contributed by atoms with Crippen molar-refractivity contribution < 1.29 is 4.79 Å². The number of aromatic nitrogens is 1. The first-order chi connectivity index (χ1) is 13.6. The Bertz CT molecular complexity index is 780. The minimum absolute atomic E-state index is 0. The molecule has 0 radical (unpaired) electrons. The smallest absolute Gasteiger partial charge is 0.243 e. The van der Waals surface area contributed by atoms with Gasteiger partial charge in [-0.15, -0.1) is 12.4 Å². The number of carbonyl (C=O) groups excluding carboxylic acids is 1. The van der Waals surface area contributed by atoms with Crippen molar-refractivity contribution in [2.24, 2.45) is 0 Å². The summed E-state index contributed by atoms with van der Waals surface area (Å²) in [5.74, 6) is 0.0400. The van der Waals surface area contributed by atoms with Crippen LogP contribution in [0.2, 0.25) is 0 Å². The zero-order valence-corrected chi connectivity index (χ0v) is 18.3. The topological polar surface area (TPSA) is 45.2 Å². The quantitative estimate of drug-likeness (QED) is 0.536. The van der Waals surface area contributed by atoms with Gasteiger partial charge >= 0.3 is 0 Å². The van der Waals surface area contributed by atoms with Crippen LogP contribution in [0.15, 0.2) is 66.4 Å². The van der Waals surface area contributed by atoms with Gasteiger partial charge in [0.15, 0.2) is 0 Å². The van der Waals surface area contributed by atoms with Crippen molar-refractivity contribution >= 4 is 18.3 Å². The Morgan fingerprint density at radius 3 is 2.41 bits per heavy atom. The summed E-state index contributed by atoms with van der Waals surface area (Å²) in [6, 6.07) is 16.5. The third kappa shape index (κ3) is 6.15. The molecule has 0 bridgehead atoms. The number of carbonyl (C=O) groups is 1. The van der Waals surface area contributed by atoms with E-state index in [1.165, 1.54) is 11.1 Å². The van der Waals surface area contributed by atoms with E-state index in [9.17, 15) is 4.79 Å². The number of amides is 1. The Balaban J connectivity index is 0.00000300. The van der Waals surface area contributed by atoms with E-state index in [4.69, 9.17) is 0 Å². The molecule has 1 heterocycles. The fraction of sp³-hybridized carbons (Fsp3) is 0.417. The zero-order chi connectivity index (χ0) is 19.8. The van der Waals surface area contributed by atoms with E-state index in [0.29, 0.717) is 6.54 Å². The summed E-state index contributed by atoms with van der Waals surface area (Å²) in [7, 11) is 4.26. The minimum atomic E-state index is -0.0369. The van der Waals surface area contributed by atoms with Gasteiger partial charge in [-0.3, -0.25) is 14.7 Å². The highest BCUT2D eigenvalue weighted by molar-refractivity contribution is 5.88. The average molecular weight is 414 g/mol. The third-order valence-corrected chi connectivity index (χ3v) is 5.84. The fourth-order valence-corrected chi connectivity index (χ4v) is 4.08. The zero-order valence-electron chi connectivity index (χ0n) is 17.4. The number of nitrogens with zero attached hydrogens (tertiary/aromatic N) is 2. The van der Waals surface area contributed by atoms with Crippen LogP contribution in [0.25, 0.3) is 0 Å². The number of halogens is 1. The van der Waals surface area contributed by atoms with E-state index in [2.05, 4.69) is 65.7 Å². The molecule has 0 saturated heterocycles. The predicted octanol–water partition coefficient (Wildman–Crippen LogP) is 4.51. The third-order valence-electron chi connectivity index (χ3n) is 5.84. The summed E-state index contributed by atoms with van der Waals surface area (Å²) >= 11 is 0. The van der Waals surface area contributed by atoms with Crippen LogP contribution >= 0.6 is 12.4 Å². The van der Waals surface area contributed by atoms with E-state index < -0.39 is 0 Å². The molecule has 1 aromatic heterocycles. The maximum Gasteiger partial charge on any atom is 0.243 e. The van der Waals surface area contributed by atoms with Crippen LogP contribution < -0.4 is 5.32 Å². The summed E-state index contributed by atoms with van der Waals surface area (Å²) < 4.78 is 0. The van der Waals surface area contributed by atoms with Gasteiger partial charge in [0.1, 0.15) is 0 Å². The number of rotatable bonds is 7. The number of hydrogen-bond donors (Lipinski definition) is 1. The van der Waals surface area contributed by atoms with Gasteiger partial charge in [-0.2, -0.15) is 0 Å². The van der Waals surface area contributed by atoms with Crippen molar-refractivity contribution in [1.82, 2.24) is 15.2 Å². The lowest BCUT2D eigenvalue weighted by atomic mass is 9.76. The van der Waals surface area contributed by atoms with Gasteiger partial charge in [0.25, 0.3) is 0 Å². The molecule has 156 valence electrons. The first kappa shape index (κ1) is 23.1. The van der Waals surface area contributed by atoms with Crippen molar-refractivity contribution in [3.63, 3.8) is 0 Å². The SMILES string of the molecule is CN(C)C1(c2ccccn2)CCC(=CC(=O)NCCCc2ccccc2)CC1.Cl. The van der Waals surface area contributed by atoms with Gasteiger partial charge in [0.05, 0.1) is 11.2 Å². The van der Waals surface area contributed by atoms with Crippen molar-refractivity contribution in [2.75, 3.05) is 20.6 Å². The van der Waals surface area contributed by atoms with Crippen LogP contribution in [-0.4, -0.2) is 36.4 Å². The molecule has 0 spiro atoms. The Kier molecular flexibility index (Phi) is 8.87. The normalized spacial score (nSPS) is 18.8. The number of allylic oxidation sites excluding steroid dienone is 1. The lowest BCUT2D eigenvalue weighted by Crippen LogP contribution is -2.44. The van der Waals surface area contributed by atoms with Gasteiger partial charge in [0.2, 0.25) is 5.91 Å². The van der Waals surface area contributed by atoms with Crippen molar-refractivity contribution in [2.45, 2.75) is 44.1 Å². The molecule has 0 unspecified atom stereocenters. The summed E-state index contributed by atoms with van der Waals surface area (Å²) in [5.41, 5.74) is 3.65. The molecule has 1 amide bonds. The Morgan fingerprint density at radius 1 is 1.10 bits per heavy atom. The molecular weight excluding hydrogens is 382 g/mol. The van der Waals surface area contributed by atoms with Gasteiger partial charge < -0.3 is 5.32 Å². The van der Waals surface area contributed by atoms with Crippen LogP contribution in [0.5, 0.6) is 0 Å². The predicted molar refractivity (Wildman–Crippen MR) is 121 cm³/mol. The monoisotopic (exact) mass is 413 g/mol. The van der Waals surface area contributed by atoms with Crippen molar-refractivity contribution in [3.05, 3.63) is 77.6 Å². The van der Waals surface area contributed by atoms with Crippen LogP contribution in [0.1, 0.15) is 43.4 Å². The van der Waals surface area contributed by atoms with Gasteiger partial charge in [-0.25, -0.2) is 0 Å². The maximum atomic E-state index is 12.3. The molecule has 3 rings (SSSR count). The molecule has 1 saturated carbocycles. The Morgan fingerprint density at radius 2 is 1.79 bits per heavy atom. The first-order valence-electron chi connectivity index (χ1n) is 10.2. The molecule has 0 atom stereocenters. The molecule has 1 aliphatic carbocycles. The molecule has 2 aromatic rings. The molecule has 1 aliphatic rings. The number of pyridine rings is 1. The van der Waals surface area contributed by atoms with Crippen LogP contribution in [0.3, 0.4) is 0 Å². The highest BCUT2D eigenvalue weighted by atomic mass is 35.5. The largest absolute Gasteiger partial charge is 0.353 e. The van der Waals surface area contributed by atoms with Crippen LogP contribution in [-0.2, 0) is 16.8 Å². The molecule has 5 heteroatoms. The number of aryl methyl sites for hydroxylation is 1. The molecule has 1 aromatic carbocycles. The lowest BCUT2D eigenvalue weighted by Gasteiger charge is -2.43. The molecule has 29 heavy (non-hydrogen) atoms. The van der Waals surface area contributed by atoms with Gasteiger partial charge in [-0.1, -0.05) is 42.0 Å². The maximum absolute atomic E-state index is 12.3. The van der Waals surface area contributed by atoms with Crippen molar-refractivity contribution in [3.8, 4) is 0 Å². The summed E-state index contributed by atoms with van der Waals surface area (Å²) in [6.45, 7) is 0.715. The van der Waals surface area contributed by atoms with E-state index in [1.807, 2.05) is 24.4 Å². The van der Waals surface area contributed by atoms with E-state index >= 15 is 0 Å². The number of hydrogen-bond acceptors (Lipinski definition) is 3. The second-order valence-corrected chi connectivity index (χ2v) is 7.82. The number of nitrogens with one attached hydrogen (secondary N) is 1. The second-order valence-electron chi connectivity index (χ2n) is 7.82. The number of benzene rings is 1. The van der Waals surface area contributed by atoms with E-state index in [1.54, 1.807) is 0 Å². The summed E-state index contributed by atoms with van der Waals surface area (Å²) in [5, 5.41) is 3.04. The van der Waals surface area contributed by atoms with Crippen LogP contribution in [0.4, 0.5) is 0 Å². The first-order valence-corrected chi connectivity index (χ1v) is 10.2. The Hall–Kier alpha value is -2.17. The highest BCUT2D eigenvalue weighted by Gasteiger charge is 2.38. The second kappa shape index (κ2) is 11.1. The summed E-state index contributed by atoms with van der Waals surface area (Å²) in [6.07, 6.45) is 9.50. The van der Waals surface area contributed by atoms with E-state index in [0.717, 1.165) is 44.2 Å². The molecule has 0 aliphatic heterocycles. The van der Waals surface area contributed by atoms with Crippen LogP contribution in [0, 0.1) is 0 Å². The van der Waals surface area contributed by atoms with E-state index in [-0.39, 0.29) is 23.9 Å². The summed E-state index contributed by atoms with van der Waals surface area (Å²) in [4.78, 5) is 19.2. The standard InChI is InChI=1S/C24H31N3O.ClH/c1-27(2)24(22-12-6-7-17-25-22)15-13-21(14-16-24)19-23(28)26-18-8-11-20-9-4-3-5-10-20;/h3-7,9-10,12,17,19H,8,11,13-16,18H2,1-2H3,(H,26,28);1H.